The SMILES string of the molecule is Cc1nc(CN2CC3(CCN(C(=O)c4ccccn4)C3)CC2=O)cs1. The van der Waals surface area contributed by atoms with Gasteiger partial charge in [-0.1, -0.05) is 6.07 Å². The molecule has 0 aliphatic carbocycles. The highest BCUT2D eigenvalue weighted by atomic mass is 32.1. The van der Waals surface area contributed by atoms with Gasteiger partial charge in [-0.2, -0.15) is 0 Å². The molecule has 1 unspecified atom stereocenters. The highest BCUT2D eigenvalue weighted by Gasteiger charge is 2.48. The first-order valence-electron chi connectivity index (χ1n) is 8.44. The molecule has 2 amide bonds. The number of aryl methyl sites for hydroxylation is 1. The minimum atomic E-state index is -0.118. The van der Waals surface area contributed by atoms with Crippen LogP contribution < -0.4 is 0 Å². The van der Waals surface area contributed by atoms with Crippen LogP contribution in [0.15, 0.2) is 29.8 Å². The third-order valence-corrected chi connectivity index (χ3v) is 5.86. The van der Waals surface area contributed by atoms with Gasteiger partial charge in [0.2, 0.25) is 5.91 Å². The van der Waals surface area contributed by atoms with Gasteiger partial charge in [0, 0.05) is 43.0 Å². The molecule has 1 spiro atoms. The zero-order valence-electron chi connectivity index (χ0n) is 14.1. The van der Waals surface area contributed by atoms with Crippen molar-refractivity contribution in [2.45, 2.75) is 26.3 Å². The van der Waals surface area contributed by atoms with Crippen LogP contribution in [-0.4, -0.2) is 51.2 Å². The van der Waals surface area contributed by atoms with Crippen molar-refractivity contribution in [3.8, 4) is 0 Å². The summed E-state index contributed by atoms with van der Waals surface area (Å²) in [5.74, 6) is 0.122. The monoisotopic (exact) mass is 356 g/mol. The Morgan fingerprint density at radius 1 is 1.36 bits per heavy atom. The zero-order valence-corrected chi connectivity index (χ0v) is 15.0. The van der Waals surface area contributed by atoms with Crippen molar-refractivity contribution in [2.24, 2.45) is 5.41 Å². The van der Waals surface area contributed by atoms with E-state index in [0.29, 0.717) is 38.3 Å². The summed E-state index contributed by atoms with van der Waals surface area (Å²) in [6.07, 6.45) is 3.02. The Labute approximate surface area is 150 Å². The molecule has 2 aliphatic rings. The van der Waals surface area contributed by atoms with E-state index < -0.39 is 0 Å². The second kappa shape index (κ2) is 6.22. The number of carbonyl (C=O) groups is 2. The molecule has 2 aromatic rings. The van der Waals surface area contributed by atoms with Crippen molar-refractivity contribution in [1.29, 1.82) is 0 Å². The van der Waals surface area contributed by atoms with Crippen molar-refractivity contribution < 1.29 is 9.59 Å². The third-order valence-electron chi connectivity index (χ3n) is 5.03. The third kappa shape index (κ3) is 3.16. The number of aromatic nitrogens is 2. The molecule has 2 aliphatic heterocycles. The molecular formula is C18H20N4O2S. The van der Waals surface area contributed by atoms with Gasteiger partial charge >= 0.3 is 0 Å². The lowest BCUT2D eigenvalue weighted by molar-refractivity contribution is -0.128. The summed E-state index contributed by atoms with van der Waals surface area (Å²) in [7, 11) is 0. The Morgan fingerprint density at radius 2 is 2.24 bits per heavy atom. The standard InChI is InChI=1S/C18H20N4O2S/c1-13-20-14(10-25-13)9-22-12-18(8-16(22)23)5-7-21(11-18)17(24)15-4-2-3-6-19-15/h2-4,6,10H,5,7-9,11-12H2,1H3. The highest BCUT2D eigenvalue weighted by Crippen LogP contribution is 2.41. The lowest BCUT2D eigenvalue weighted by atomic mass is 9.86. The van der Waals surface area contributed by atoms with E-state index in [1.807, 2.05) is 28.2 Å². The topological polar surface area (TPSA) is 66.4 Å². The van der Waals surface area contributed by atoms with Crippen LogP contribution in [0.1, 0.15) is 34.0 Å². The average molecular weight is 356 g/mol. The number of pyridine rings is 1. The molecule has 0 aromatic carbocycles. The minimum Gasteiger partial charge on any atom is -0.337 e. The minimum absolute atomic E-state index is 0.0431. The molecule has 2 saturated heterocycles. The van der Waals surface area contributed by atoms with E-state index in [2.05, 4.69) is 9.97 Å². The van der Waals surface area contributed by atoms with Crippen molar-refractivity contribution >= 4 is 23.2 Å². The van der Waals surface area contributed by atoms with Crippen LogP contribution in [0.4, 0.5) is 0 Å². The van der Waals surface area contributed by atoms with Gasteiger partial charge in [0.15, 0.2) is 0 Å². The first-order valence-corrected chi connectivity index (χ1v) is 9.32. The fourth-order valence-electron chi connectivity index (χ4n) is 3.84. The quantitative estimate of drug-likeness (QED) is 0.845. The Morgan fingerprint density at radius 3 is 2.96 bits per heavy atom. The fraction of sp³-hybridized carbons (Fsp3) is 0.444. The van der Waals surface area contributed by atoms with Crippen molar-refractivity contribution in [2.75, 3.05) is 19.6 Å². The van der Waals surface area contributed by atoms with Crippen LogP contribution in [0.5, 0.6) is 0 Å². The van der Waals surface area contributed by atoms with Gasteiger partial charge in [0.1, 0.15) is 5.69 Å². The first-order chi connectivity index (χ1) is 12.0. The number of carbonyl (C=O) groups excluding carboxylic acids is 2. The van der Waals surface area contributed by atoms with Crippen LogP contribution in [0.25, 0.3) is 0 Å². The number of rotatable bonds is 3. The molecule has 6 nitrogen and oxygen atoms in total. The average Bonchev–Trinajstić information content (AvgIpc) is 3.29. The smallest absolute Gasteiger partial charge is 0.272 e. The molecule has 25 heavy (non-hydrogen) atoms. The van der Waals surface area contributed by atoms with Gasteiger partial charge in [-0.15, -0.1) is 11.3 Å². The summed E-state index contributed by atoms with van der Waals surface area (Å²) in [5.41, 5.74) is 1.30. The largest absolute Gasteiger partial charge is 0.337 e. The van der Waals surface area contributed by atoms with Crippen LogP contribution in [0, 0.1) is 12.3 Å². The second-order valence-corrected chi connectivity index (χ2v) is 8.04. The van der Waals surface area contributed by atoms with E-state index in [1.165, 1.54) is 0 Å². The van der Waals surface area contributed by atoms with Gasteiger partial charge in [-0.05, 0) is 25.5 Å². The normalized spacial score (nSPS) is 23.0. The Balaban J connectivity index is 1.43. The predicted molar refractivity (Wildman–Crippen MR) is 94.1 cm³/mol. The van der Waals surface area contributed by atoms with Crippen LogP contribution >= 0.6 is 11.3 Å². The van der Waals surface area contributed by atoms with Gasteiger partial charge in [0.25, 0.3) is 5.91 Å². The molecule has 4 rings (SSSR count). The number of hydrogen-bond acceptors (Lipinski definition) is 5. The van der Waals surface area contributed by atoms with E-state index in [4.69, 9.17) is 0 Å². The van der Waals surface area contributed by atoms with E-state index in [0.717, 1.165) is 17.1 Å². The molecule has 130 valence electrons. The summed E-state index contributed by atoms with van der Waals surface area (Å²) in [6.45, 7) is 4.56. The maximum Gasteiger partial charge on any atom is 0.272 e. The lowest BCUT2D eigenvalue weighted by Crippen LogP contribution is -2.34. The van der Waals surface area contributed by atoms with Crippen molar-refractivity contribution in [1.82, 2.24) is 19.8 Å². The molecule has 0 radical (unpaired) electrons. The van der Waals surface area contributed by atoms with Crippen molar-refractivity contribution in [3.05, 3.63) is 46.2 Å². The Hall–Kier alpha value is -2.28. The molecule has 0 N–H and O–H groups in total. The molecule has 0 saturated carbocycles. The zero-order chi connectivity index (χ0) is 17.4. The number of likely N-dealkylation sites (tertiary alicyclic amines) is 2. The van der Waals surface area contributed by atoms with Gasteiger partial charge in [0.05, 0.1) is 17.2 Å². The van der Waals surface area contributed by atoms with Crippen molar-refractivity contribution in [3.63, 3.8) is 0 Å². The fourth-order valence-corrected chi connectivity index (χ4v) is 4.44. The van der Waals surface area contributed by atoms with E-state index >= 15 is 0 Å². The maximum absolute atomic E-state index is 12.6. The van der Waals surface area contributed by atoms with Crippen LogP contribution in [0.2, 0.25) is 0 Å². The molecular weight excluding hydrogens is 336 g/mol. The number of nitrogens with zero attached hydrogens (tertiary/aromatic N) is 4. The summed E-state index contributed by atoms with van der Waals surface area (Å²) in [4.78, 5) is 37.4. The molecule has 0 bridgehead atoms. The summed E-state index contributed by atoms with van der Waals surface area (Å²) < 4.78 is 0. The Bertz CT molecular complexity index is 806. The van der Waals surface area contributed by atoms with Gasteiger partial charge in [-0.25, -0.2) is 4.98 Å². The Kier molecular flexibility index (Phi) is 4.03. The number of amides is 2. The maximum atomic E-state index is 12.6. The molecule has 1 atom stereocenters. The highest BCUT2D eigenvalue weighted by molar-refractivity contribution is 7.09. The van der Waals surface area contributed by atoms with E-state index in [1.54, 1.807) is 29.7 Å². The van der Waals surface area contributed by atoms with E-state index in [9.17, 15) is 9.59 Å². The first kappa shape index (κ1) is 16.2. The van der Waals surface area contributed by atoms with Crippen LogP contribution in [-0.2, 0) is 11.3 Å². The lowest BCUT2D eigenvalue weighted by Gasteiger charge is -2.23. The van der Waals surface area contributed by atoms with Crippen LogP contribution in [0.3, 0.4) is 0 Å². The molecule has 2 aromatic heterocycles. The van der Waals surface area contributed by atoms with Gasteiger partial charge < -0.3 is 9.80 Å². The molecule has 2 fully saturated rings. The predicted octanol–water partition coefficient (Wildman–Crippen LogP) is 2.11. The molecule has 7 heteroatoms. The molecule has 4 heterocycles. The summed E-state index contributed by atoms with van der Waals surface area (Å²) in [5, 5.41) is 3.03. The number of hydrogen-bond donors (Lipinski definition) is 0. The summed E-state index contributed by atoms with van der Waals surface area (Å²) in [6, 6.07) is 5.36. The van der Waals surface area contributed by atoms with Gasteiger partial charge in [-0.3, -0.25) is 14.6 Å². The summed E-state index contributed by atoms with van der Waals surface area (Å²) >= 11 is 1.61. The second-order valence-electron chi connectivity index (χ2n) is 6.98. The van der Waals surface area contributed by atoms with E-state index in [-0.39, 0.29) is 17.2 Å². The number of thiazole rings is 1.